The van der Waals surface area contributed by atoms with Crippen LogP contribution in [0.2, 0.25) is 0 Å². The monoisotopic (exact) mass is 445 g/mol. The number of nitrogens with one attached hydrogen (secondary N) is 2. The van der Waals surface area contributed by atoms with Gasteiger partial charge in [-0.1, -0.05) is 0 Å². The highest BCUT2D eigenvalue weighted by Crippen LogP contribution is 2.42. The van der Waals surface area contributed by atoms with Crippen molar-refractivity contribution in [2.24, 2.45) is 0 Å². The second kappa shape index (κ2) is 8.09. The molecular formula is C21H18F3N5O3. The van der Waals surface area contributed by atoms with Gasteiger partial charge >= 0.3 is 6.18 Å². The van der Waals surface area contributed by atoms with E-state index < -0.39 is 17.4 Å². The highest BCUT2D eigenvalue weighted by Gasteiger charge is 2.35. The van der Waals surface area contributed by atoms with Crippen molar-refractivity contribution in [3.05, 3.63) is 75.5 Å². The van der Waals surface area contributed by atoms with Gasteiger partial charge in [0, 0.05) is 36.2 Å². The van der Waals surface area contributed by atoms with Crippen LogP contribution in [0.1, 0.15) is 11.1 Å². The molecule has 8 nitrogen and oxygen atoms in total. The fourth-order valence-electron chi connectivity index (χ4n) is 3.41. The van der Waals surface area contributed by atoms with Gasteiger partial charge < -0.3 is 20.2 Å². The largest absolute Gasteiger partial charge is 0.620 e. The zero-order valence-electron chi connectivity index (χ0n) is 16.8. The van der Waals surface area contributed by atoms with E-state index in [-0.39, 0.29) is 23.9 Å². The van der Waals surface area contributed by atoms with E-state index in [1.165, 1.54) is 25.6 Å². The molecule has 4 rings (SSSR count). The molecule has 2 aromatic heterocycles. The van der Waals surface area contributed by atoms with Crippen LogP contribution in [0, 0.1) is 5.21 Å². The Morgan fingerprint density at radius 1 is 1.22 bits per heavy atom. The highest BCUT2D eigenvalue weighted by atomic mass is 19.4. The van der Waals surface area contributed by atoms with E-state index in [1.54, 1.807) is 36.4 Å². The molecule has 3 heterocycles. The van der Waals surface area contributed by atoms with E-state index in [9.17, 15) is 23.2 Å². The average molecular weight is 445 g/mol. The molecule has 0 saturated heterocycles. The minimum Gasteiger partial charge on any atom is -0.620 e. The molecule has 0 saturated carbocycles. The quantitative estimate of drug-likeness (QED) is 0.457. The number of methoxy groups -OCH3 is 1. The summed E-state index contributed by atoms with van der Waals surface area (Å²) in [4.78, 5) is 22.1. The fraction of sp³-hybridized carbons (Fsp3) is 0.190. The Bertz CT molecular complexity index is 1200. The Morgan fingerprint density at radius 3 is 2.59 bits per heavy atom. The minimum atomic E-state index is -4.46. The molecule has 0 amide bonds. The zero-order valence-corrected chi connectivity index (χ0v) is 16.8. The van der Waals surface area contributed by atoms with Gasteiger partial charge in [0.1, 0.15) is 24.5 Å². The normalized spacial score (nSPS) is 18.0. The minimum absolute atomic E-state index is 0.00279. The lowest BCUT2D eigenvalue weighted by molar-refractivity contribution is -0.115. The first kappa shape index (κ1) is 21.5. The predicted molar refractivity (Wildman–Crippen MR) is 114 cm³/mol. The third-order valence-corrected chi connectivity index (χ3v) is 4.95. The molecule has 1 atom stereocenters. The van der Waals surface area contributed by atoms with Crippen molar-refractivity contribution in [2.45, 2.75) is 6.18 Å². The summed E-state index contributed by atoms with van der Waals surface area (Å²) in [5.41, 5.74) is 1.62. The molecule has 166 valence electrons. The zero-order chi connectivity index (χ0) is 22.9. The average Bonchev–Trinajstić information content (AvgIpc) is 2.78. The molecule has 2 N–H and O–H groups in total. The molecule has 1 aromatic carbocycles. The van der Waals surface area contributed by atoms with Gasteiger partial charge in [0.15, 0.2) is 0 Å². The Morgan fingerprint density at radius 2 is 1.97 bits per heavy atom. The molecular weight excluding hydrogens is 427 g/mol. The van der Waals surface area contributed by atoms with E-state index >= 15 is 0 Å². The number of ether oxygens (including phenoxy) is 1. The number of hydrogen-bond donors (Lipinski definition) is 2. The second-order valence-electron chi connectivity index (χ2n) is 7.15. The van der Waals surface area contributed by atoms with Crippen molar-refractivity contribution in [2.75, 3.05) is 25.5 Å². The molecule has 3 aromatic rings. The van der Waals surface area contributed by atoms with Crippen molar-refractivity contribution in [3.63, 3.8) is 0 Å². The SMILES string of the molecule is COc1ccc([N+]2([O-])CC(c3ccc(=O)[nH]c3)=Cc3cnc(NCC(F)(F)F)nc32)cc1. The Labute approximate surface area is 180 Å². The van der Waals surface area contributed by atoms with Gasteiger partial charge in [-0.3, -0.25) is 9.44 Å². The third-order valence-electron chi connectivity index (χ3n) is 4.95. The number of benzene rings is 1. The van der Waals surface area contributed by atoms with Gasteiger partial charge in [-0.2, -0.15) is 18.2 Å². The summed E-state index contributed by atoms with van der Waals surface area (Å²) in [6.45, 7) is -1.42. The Balaban J connectivity index is 1.82. The maximum absolute atomic E-state index is 14.2. The summed E-state index contributed by atoms with van der Waals surface area (Å²) >= 11 is 0. The number of hydroxylamine groups is 1. The molecule has 0 spiro atoms. The van der Waals surface area contributed by atoms with Crippen LogP contribution < -0.4 is 20.3 Å². The van der Waals surface area contributed by atoms with Crippen molar-refractivity contribution in [1.29, 1.82) is 0 Å². The molecule has 32 heavy (non-hydrogen) atoms. The maximum Gasteiger partial charge on any atom is 0.405 e. The van der Waals surface area contributed by atoms with Gasteiger partial charge in [0.05, 0.1) is 12.7 Å². The van der Waals surface area contributed by atoms with Crippen LogP contribution in [-0.2, 0) is 0 Å². The molecule has 1 aliphatic heterocycles. The van der Waals surface area contributed by atoms with Gasteiger partial charge in [0.2, 0.25) is 17.3 Å². The summed E-state index contributed by atoms with van der Waals surface area (Å²) < 4.78 is 41.9. The number of rotatable bonds is 5. The van der Waals surface area contributed by atoms with Gasteiger partial charge in [0.25, 0.3) is 0 Å². The van der Waals surface area contributed by atoms with E-state index in [0.29, 0.717) is 28.1 Å². The number of fused-ring (bicyclic) bond motifs is 1. The predicted octanol–water partition coefficient (Wildman–Crippen LogP) is 3.84. The number of nitrogens with zero attached hydrogens (tertiary/aromatic N) is 3. The number of pyridine rings is 1. The number of aromatic amines is 1. The fourth-order valence-corrected chi connectivity index (χ4v) is 3.41. The van der Waals surface area contributed by atoms with Crippen molar-refractivity contribution >= 4 is 29.1 Å². The van der Waals surface area contributed by atoms with Crippen LogP contribution in [0.3, 0.4) is 0 Å². The number of hydrogen-bond acceptors (Lipinski definition) is 6. The summed E-state index contributed by atoms with van der Waals surface area (Å²) in [7, 11) is 1.50. The number of halogens is 3. The highest BCUT2D eigenvalue weighted by molar-refractivity contribution is 5.90. The lowest BCUT2D eigenvalue weighted by atomic mass is 10.00. The number of alkyl halides is 3. The maximum atomic E-state index is 14.2. The molecule has 0 bridgehead atoms. The van der Waals surface area contributed by atoms with Crippen molar-refractivity contribution < 1.29 is 17.9 Å². The number of H-pyrrole nitrogens is 1. The van der Waals surface area contributed by atoms with Gasteiger partial charge in [-0.25, -0.2) is 4.98 Å². The first-order chi connectivity index (χ1) is 15.2. The van der Waals surface area contributed by atoms with E-state index in [4.69, 9.17) is 4.74 Å². The van der Waals surface area contributed by atoms with Crippen LogP contribution in [0.5, 0.6) is 5.75 Å². The lowest BCUT2D eigenvalue weighted by Gasteiger charge is -2.43. The summed E-state index contributed by atoms with van der Waals surface area (Å²) in [5.74, 6) is 0.251. The summed E-state index contributed by atoms with van der Waals surface area (Å²) in [6.07, 6.45) is 0.0301. The van der Waals surface area contributed by atoms with Crippen LogP contribution in [0.4, 0.5) is 30.6 Å². The van der Waals surface area contributed by atoms with Gasteiger partial charge in [-0.15, -0.1) is 0 Å². The molecule has 1 unspecified atom stereocenters. The first-order valence-corrected chi connectivity index (χ1v) is 9.49. The molecule has 0 radical (unpaired) electrons. The lowest BCUT2D eigenvalue weighted by Crippen LogP contribution is -2.42. The van der Waals surface area contributed by atoms with Crippen LogP contribution in [-0.4, -0.2) is 41.3 Å². The smallest absolute Gasteiger partial charge is 0.405 e. The molecule has 0 aliphatic carbocycles. The third kappa shape index (κ3) is 4.34. The first-order valence-electron chi connectivity index (χ1n) is 9.49. The van der Waals surface area contributed by atoms with Crippen molar-refractivity contribution in [1.82, 2.24) is 19.6 Å². The molecule has 0 fully saturated rings. The standard InChI is InChI=1S/C21H18F3N5O3/c1-32-17-5-3-16(4-6-17)29(31)11-15(13-2-7-18(30)25-9-13)8-14-10-26-20(28-19(14)29)27-12-21(22,23)24/h2-10H,11-12H2,1H3,(H,25,30)(H,26,27,28). The second-order valence-corrected chi connectivity index (χ2v) is 7.15. The number of aromatic nitrogens is 3. The number of anilines is 1. The van der Waals surface area contributed by atoms with E-state index in [0.717, 1.165) is 0 Å². The topological polar surface area (TPSA) is 103 Å². The van der Waals surface area contributed by atoms with Gasteiger partial charge in [-0.05, 0) is 29.8 Å². The van der Waals surface area contributed by atoms with Crippen LogP contribution in [0.25, 0.3) is 11.6 Å². The Hall–Kier alpha value is -3.70. The molecule has 11 heteroatoms. The number of quaternary nitrogens is 1. The van der Waals surface area contributed by atoms with Crippen molar-refractivity contribution in [3.8, 4) is 5.75 Å². The molecule has 1 aliphatic rings. The van der Waals surface area contributed by atoms with E-state index in [2.05, 4.69) is 20.3 Å². The Kier molecular flexibility index (Phi) is 5.45. The van der Waals surface area contributed by atoms with E-state index in [1.807, 2.05) is 0 Å². The van der Waals surface area contributed by atoms with Crippen LogP contribution in [0.15, 0.2) is 53.6 Å². The van der Waals surface area contributed by atoms with Crippen LogP contribution >= 0.6 is 0 Å². The summed E-state index contributed by atoms with van der Waals surface area (Å²) in [5, 5.41) is 16.3. The summed E-state index contributed by atoms with van der Waals surface area (Å²) in [6, 6.07) is 9.34.